The van der Waals surface area contributed by atoms with E-state index in [9.17, 15) is 0 Å². The Labute approximate surface area is 124 Å². The van der Waals surface area contributed by atoms with Gasteiger partial charge in [0.05, 0.1) is 7.11 Å². The van der Waals surface area contributed by atoms with Crippen molar-refractivity contribution in [3.05, 3.63) is 46.2 Å². The fourth-order valence-electron chi connectivity index (χ4n) is 2.08. The van der Waals surface area contributed by atoms with E-state index in [4.69, 9.17) is 9.47 Å². The van der Waals surface area contributed by atoms with E-state index in [1.807, 2.05) is 18.2 Å². The third-order valence-corrected chi connectivity index (χ3v) is 4.00. The van der Waals surface area contributed by atoms with Crippen molar-refractivity contribution in [3.8, 4) is 11.5 Å². The highest BCUT2D eigenvalue weighted by Crippen LogP contribution is 2.30. The van der Waals surface area contributed by atoms with Gasteiger partial charge in [-0.15, -0.1) is 11.3 Å². The fraction of sp³-hybridized carbons (Fsp3) is 0.375. The van der Waals surface area contributed by atoms with E-state index in [1.165, 1.54) is 4.88 Å². The Kier molecular flexibility index (Phi) is 5.44. The maximum atomic E-state index is 5.98. The molecule has 0 bridgehead atoms. The Morgan fingerprint density at radius 2 is 2.15 bits per heavy atom. The van der Waals surface area contributed by atoms with Crippen molar-refractivity contribution in [2.75, 3.05) is 13.7 Å². The van der Waals surface area contributed by atoms with Gasteiger partial charge in [0.25, 0.3) is 0 Å². The van der Waals surface area contributed by atoms with Crippen LogP contribution in [0.5, 0.6) is 11.5 Å². The van der Waals surface area contributed by atoms with Crippen molar-refractivity contribution in [1.82, 2.24) is 5.32 Å². The van der Waals surface area contributed by atoms with Crippen LogP contribution in [-0.4, -0.2) is 13.7 Å². The molecule has 0 saturated heterocycles. The average molecular weight is 291 g/mol. The molecule has 1 heterocycles. The van der Waals surface area contributed by atoms with Gasteiger partial charge >= 0.3 is 0 Å². The van der Waals surface area contributed by atoms with Crippen LogP contribution in [-0.2, 0) is 6.61 Å². The second kappa shape index (κ2) is 7.31. The first-order valence-electron chi connectivity index (χ1n) is 6.81. The van der Waals surface area contributed by atoms with Crippen LogP contribution in [0, 0.1) is 0 Å². The Morgan fingerprint density at radius 3 is 2.80 bits per heavy atom. The van der Waals surface area contributed by atoms with Gasteiger partial charge in [-0.05, 0) is 31.0 Å². The lowest BCUT2D eigenvalue weighted by atomic mass is 10.1. The average Bonchev–Trinajstić information content (AvgIpc) is 2.98. The van der Waals surface area contributed by atoms with Gasteiger partial charge < -0.3 is 14.8 Å². The van der Waals surface area contributed by atoms with Crippen molar-refractivity contribution >= 4 is 11.3 Å². The van der Waals surface area contributed by atoms with Gasteiger partial charge in [0.15, 0.2) is 0 Å². The van der Waals surface area contributed by atoms with Crippen molar-refractivity contribution in [1.29, 1.82) is 0 Å². The topological polar surface area (TPSA) is 30.5 Å². The summed E-state index contributed by atoms with van der Waals surface area (Å²) >= 11 is 1.70. The van der Waals surface area contributed by atoms with Crippen molar-refractivity contribution in [3.63, 3.8) is 0 Å². The van der Waals surface area contributed by atoms with Crippen LogP contribution in [0.15, 0.2) is 35.7 Å². The van der Waals surface area contributed by atoms with E-state index in [0.29, 0.717) is 6.61 Å². The first-order valence-corrected chi connectivity index (χ1v) is 7.69. The first-order chi connectivity index (χ1) is 9.74. The predicted octanol–water partition coefficient (Wildman–Crippen LogP) is 4.01. The summed E-state index contributed by atoms with van der Waals surface area (Å²) in [5.74, 6) is 1.70. The normalized spacial score (nSPS) is 12.2. The van der Waals surface area contributed by atoms with Crippen LogP contribution in [0.2, 0.25) is 0 Å². The zero-order valence-electron chi connectivity index (χ0n) is 12.2. The van der Waals surface area contributed by atoms with E-state index < -0.39 is 0 Å². The number of hydrogen-bond acceptors (Lipinski definition) is 4. The molecule has 1 N–H and O–H groups in total. The van der Waals surface area contributed by atoms with Gasteiger partial charge in [0.2, 0.25) is 0 Å². The number of benzene rings is 1. The quantitative estimate of drug-likeness (QED) is 0.836. The predicted molar refractivity (Wildman–Crippen MR) is 83.7 cm³/mol. The molecule has 1 atom stereocenters. The molecule has 2 aromatic rings. The molecule has 0 fully saturated rings. The number of hydrogen-bond donors (Lipinski definition) is 1. The summed E-state index contributed by atoms with van der Waals surface area (Å²) in [4.78, 5) is 1.22. The lowest BCUT2D eigenvalue weighted by molar-refractivity contribution is 0.300. The maximum Gasteiger partial charge on any atom is 0.128 e. The molecule has 2 rings (SSSR count). The fourth-order valence-corrected chi connectivity index (χ4v) is 2.70. The summed E-state index contributed by atoms with van der Waals surface area (Å²) in [7, 11) is 1.67. The second-order valence-electron chi connectivity index (χ2n) is 4.55. The molecule has 3 nitrogen and oxygen atoms in total. The van der Waals surface area contributed by atoms with Crippen LogP contribution in [0.3, 0.4) is 0 Å². The summed E-state index contributed by atoms with van der Waals surface area (Å²) in [6, 6.07) is 10.4. The largest absolute Gasteiger partial charge is 0.497 e. The zero-order valence-corrected chi connectivity index (χ0v) is 13.0. The number of ether oxygens (including phenoxy) is 2. The van der Waals surface area contributed by atoms with E-state index in [1.54, 1.807) is 18.4 Å². The van der Waals surface area contributed by atoms with Crippen molar-refractivity contribution in [2.45, 2.75) is 26.5 Å². The van der Waals surface area contributed by atoms with Crippen LogP contribution in [0.25, 0.3) is 0 Å². The highest BCUT2D eigenvalue weighted by atomic mass is 32.1. The molecule has 0 amide bonds. The molecule has 4 heteroatoms. The Hall–Kier alpha value is -1.52. The zero-order chi connectivity index (χ0) is 14.4. The molecule has 0 spiro atoms. The van der Waals surface area contributed by atoms with Crippen LogP contribution in [0.1, 0.15) is 30.3 Å². The van der Waals surface area contributed by atoms with E-state index >= 15 is 0 Å². The summed E-state index contributed by atoms with van der Waals surface area (Å²) in [6.07, 6.45) is 0. The Bertz CT molecular complexity index is 525. The third kappa shape index (κ3) is 3.74. The van der Waals surface area contributed by atoms with Crippen LogP contribution in [0.4, 0.5) is 0 Å². The summed E-state index contributed by atoms with van der Waals surface area (Å²) in [5, 5.41) is 5.48. The van der Waals surface area contributed by atoms with E-state index in [0.717, 1.165) is 23.6 Å². The molecular formula is C16H21NO2S. The molecular weight excluding hydrogens is 270 g/mol. The number of rotatable bonds is 7. The standard InChI is InChI=1S/C16H21NO2S/c1-4-17-12(2)15-8-7-13(18-3)10-16(15)19-11-14-6-5-9-20-14/h5-10,12,17H,4,11H2,1-3H3. The lowest BCUT2D eigenvalue weighted by Gasteiger charge is -2.18. The highest BCUT2D eigenvalue weighted by Gasteiger charge is 2.12. The Morgan fingerprint density at radius 1 is 1.30 bits per heavy atom. The minimum Gasteiger partial charge on any atom is -0.497 e. The molecule has 1 unspecified atom stereocenters. The second-order valence-corrected chi connectivity index (χ2v) is 5.58. The minimum atomic E-state index is 0.254. The molecule has 1 aromatic heterocycles. The van der Waals surface area contributed by atoms with Crippen LogP contribution >= 0.6 is 11.3 Å². The highest BCUT2D eigenvalue weighted by molar-refractivity contribution is 7.09. The van der Waals surface area contributed by atoms with Gasteiger partial charge in [-0.25, -0.2) is 0 Å². The smallest absolute Gasteiger partial charge is 0.128 e. The molecule has 0 aliphatic carbocycles. The lowest BCUT2D eigenvalue weighted by Crippen LogP contribution is -2.18. The minimum absolute atomic E-state index is 0.254. The molecule has 1 aromatic carbocycles. The summed E-state index contributed by atoms with van der Waals surface area (Å²) in [6.45, 7) is 5.77. The van der Waals surface area contributed by atoms with Gasteiger partial charge in [-0.2, -0.15) is 0 Å². The van der Waals surface area contributed by atoms with Gasteiger partial charge in [0, 0.05) is 22.5 Å². The maximum absolute atomic E-state index is 5.98. The number of thiophene rings is 1. The molecule has 0 radical (unpaired) electrons. The van der Waals surface area contributed by atoms with Gasteiger partial charge in [0.1, 0.15) is 18.1 Å². The summed E-state index contributed by atoms with van der Waals surface area (Å²) in [5.41, 5.74) is 1.16. The number of nitrogens with one attached hydrogen (secondary N) is 1. The Balaban J connectivity index is 2.18. The monoisotopic (exact) mass is 291 g/mol. The van der Waals surface area contributed by atoms with E-state index in [-0.39, 0.29) is 6.04 Å². The molecule has 0 aliphatic heterocycles. The molecule has 20 heavy (non-hydrogen) atoms. The van der Waals surface area contributed by atoms with E-state index in [2.05, 4.69) is 36.7 Å². The number of methoxy groups -OCH3 is 1. The molecule has 0 aliphatic rings. The summed E-state index contributed by atoms with van der Waals surface area (Å²) < 4.78 is 11.3. The van der Waals surface area contributed by atoms with Crippen molar-refractivity contribution < 1.29 is 9.47 Å². The SMILES string of the molecule is CCNC(C)c1ccc(OC)cc1OCc1cccs1. The van der Waals surface area contributed by atoms with Gasteiger partial charge in [-0.1, -0.05) is 19.1 Å². The first kappa shape index (κ1) is 14.9. The molecule has 0 saturated carbocycles. The van der Waals surface area contributed by atoms with Crippen molar-refractivity contribution in [2.24, 2.45) is 0 Å². The van der Waals surface area contributed by atoms with Crippen LogP contribution < -0.4 is 14.8 Å². The third-order valence-electron chi connectivity index (χ3n) is 3.15. The van der Waals surface area contributed by atoms with Gasteiger partial charge in [-0.3, -0.25) is 0 Å². The molecule has 108 valence electrons.